The first-order chi connectivity index (χ1) is 16.6. The molecule has 34 heavy (non-hydrogen) atoms. The monoisotopic (exact) mass is 457 g/mol. The van der Waals surface area contributed by atoms with E-state index in [2.05, 4.69) is 10.3 Å². The van der Waals surface area contributed by atoms with Crippen LogP contribution in [-0.2, 0) is 0 Å². The Kier molecular flexibility index (Phi) is 5.37. The van der Waals surface area contributed by atoms with E-state index in [-0.39, 0.29) is 0 Å². The van der Waals surface area contributed by atoms with E-state index in [1.165, 1.54) is 0 Å². The first kappa shape index (κ1) is 21.4. The number of benzene rings is 2. The maximum atomic E-state index is 5.53. The zero-order valence-corrected chi connectivity index (χ0v) is 19.5. The number of para-hydroxylation sites is 1. The van der Waals surface area contributed by atoms with E-state index < -0.39 is 0 Å². The van der Waals surface area contributed by atoms with Crippen molar-refractivity contribution in [3.63, 3.8) is 0 Å². The van der Waals surface area contributed by atoms with Crippen LogP contribution in [0.5, 0.6) is 23.0 Å². The molecule has 3 heterocycles. The molecule has 3 aromatic heterocycles. The van der Waals surface area contributed by atoms with Crippen molar-refractivity contribution in [2.24, 2.45) is 0 Å². The van der Waals surface area contributed by atoms with Gasteiger partial charge >= 0.3 is 0 Å². The molecule has 0 fully saturated rings. The fraction of sp³-hybridized carbons (Fsp3) is 0.200. The SMILES string of the molecule is COc1ccccc1-c1ccc2c(C)nc3c(nnn3-c3cc(OC)c(OC)c(OC)c3)c2n1. The van der Waals surface area contributed by atoms with E-state index in [0.717, 1.165) is 28.1 Å². The van der Waals surface area contributed by atoms with E-state index in [9.17, 15) is 0 Å². The molecule has 0 radical (unpaired) electrons. The smallest absolute Gasteiger partial charge is 0.203 e. The summed E-state index contributed by atoms with van der Waals surface area (Å²) in [6.45, 7) is 1.94. The van der Waals surface area contributed by atoms with Crippen LogP contribution in [0.4, 0.5) is 0 Å². The highest BCUT2D eigenvalue weighted by atomic mass is 16.5. The summed E-state index contributed by atoms with van der Waals surface area (Å²) < 4.78 is 23.6. The summed E-state index contributed by atoms with van der Waals surface area (Å²) in [5, 5.41) is 9.73. The van der Waals surface area contributed by atoms with Crippen LogP contribution >= 0.6 is 0 Å². The van der Waals surface area contributed by atoms with Gasteiger partial charge < -0.3 is 18.9 Å². The van der Waals surface area contributed by atoms with Crippen molar-refractivity contribution in [2.75, 3.05) is 28.4 Å². The summed E-state index contributed by atoms with van der Waals surface area (Å²) in [7, 11) is 6.35. The molecule has 0 saturated heterocycles. The van der Waals surface area contributed by atoms with Crippen LogP contribution in [0.3, 0.4) is 0 Å². The normalized spacial score (nSPS) is 11.1. The van der Waals surface area contributed by atoms with Crippen molar-refractivity contribution in [1.82, 2.24) is 25.0 Å². The number of aryl methyl sites for hydroxylation is 1. The molecule has 0 spiro atoms. The van der Waals surface area contributed by atoms with Gasteiger partial charge in [0.2, 0.25) is 5.75 Å². The summed E-state index contributed by atoms with van der Waals surface area (Å²) in [6, 6.07) is 15.3. The molecule has 0 aliphatic heterocycles. The Morgan fingerprint density at radius 1 is 0.735 bits per heavy atom. The number of ether oxygens (including phenoxy) is 4. The third-order valence-electron chi connectivity index (χ3n) is 5.71. The summed E-state index contributed by atoms with van der Waals surface area (Å²) in [5.41, 5.74) is 5.03. The molecule has 0 amide bonds. The quantitative estimate of drug-likeness (QED) is 0.371. The highest BCUT2D eigenvalue weighted by Crippen LogP contribution is 2.40. The maximum absolute atomic E-state index is 5.53. The highest BCUT2D eigenvalue weighted by molar-refractivity contribution is 6.01. The number of methoxy groups -OCH3 is 4. The second-order valence-electron chi connectivity index (χ2n) is 7.55. The van der Waals surface area contributed by atoms with Crippen LogP contribution in [0.25, 0.3) is 39.0 Å². The molecule has 2 aromatic carbocycles. The molecule has 9 heteroatoms. The van der Waals surface area contributed by atoms with Gasteiger partial charge in [-0.15, -0.1) is 5.10 Å². The Bertz CT molecular complexity index is 1500. The molecule has 0 N–H and O–H groups in total. The second kappa shape index (κ2) is 8.51. The summed E-state index contributed by atoms with van der Waals surface area (Å²) in [5.74, 6) is 2.26. The Balaban J connectivity index is 1.75. The van der Waals surface area contributed by atoms with Crippen molar-refractivity contribution in [3.05, 3.63) is 54.2 Å². The van der Waals surface area contributed by atoms with E-state index in [1.54, 1.807) is 45.3 Å². The first-order valence-corrected chi connectivity index (χ1v) is 10.6. The Labute approximate surface area is 195 Å². The third kappa shape index (κ3) is 3.33. The lowest BCUT2D eigenvalue weighted by Gasteiger charge is -2.14. The van der Waals surface area contributed by atoms with Crippen molar-refractivity contribution >= 4 is 22.1 Å². The van der Waals surface area contributed by atoms with Crippen LogP contribution in [0.2, 0.25) is 0 Å². The zero-order chi connectivity index (χ0) is 23.8. The molecule has 0 aliphatic carbocycles. The second-order valence-corrected chi connectivity index (χ2v) is 7.55. The average Bonchev–Trinajstić information content (AvgIpc) is 3.31. The minimum Gasteiger partial charge on any atom is -0.496 e. The van der Waals surface area contributed by atoms with E-state index in [4.69, 9.17) is 28.9 Å². The molecule has 0 saturated carbocycles. The lowest BCUT2D eigenvalue weighted by molar-refractivity contribution is 0.324. The van der Waals surface area contributed by atoms with Gasteiger partial charge in [0.25, 0.3) is 0 Å². The Hall–Kier alpha value is -4.40. The fourth-order valence-electron chi connectivity index (χ4n) is 4.05. The Morgan fingerprint density at radius 3 is 2.12 bits per heavy atom. The van der Waals surface area contributed by atoms with Crippen molar-refractivity contribution in [1.29, 1.82) is 0 Å². The fourth-order valence-corrected chi connectivity index (χ4v) is 4.05. The van der Waals surface area contributed by atoms with Gasteiger partial charge in [-0.1, -0.05) is 17.3 Å². The largest absolute Gasteiger partial charge is 0.496 e. The van der Waals surface area contributed by atoms with E-state index in [1.807, 2.05) is 43.3 Å². The standard InChI is InChI=1S/C25H23N5O4/c1-14-16-10-11-18(17-8-6-7-9-19(17)31-2)27-22(16)23-25(26-14)30(29-28-23)15-12-20(32-3)24(34-5)21(13-15)33-4/h6-13H,1-5H3. The van der Waals surface area contributed by atoms with Crippen LogP contribution < -0.4 is 18.9 Å². The number of nitrogens with zero attached hydrogens (tertiary/aromatic N) is 5. The van der Waals surface area contributed by atoms with Gasteiger partial charge in [0.05, 0.1) is 39.8 Å². The van der Waals surface area contributed by atoms with Gasteiger partial charge in [-0.25, -0.2) is 9.97 Å². The summed E-state index contributed by atoms with van der Waals surface area (Å²) in [6.07, 6.45) is 0. The molecule has 172 valence electrons. The average molecular weight is 457 g/mol. The van der Waals surface area contributed by atoms with Gasteiger partial charge in [-0.2, -0.15) is 4.68 Å². The van der Waals surface area contributed by atoms with Gasteiger partial charge in [0, 0.05) is 28.8 Å². The van der Waals surface area contributed by atoms with Gasteiger partial charge in [-0.3, -0.25) is 0 Å². The van der Waals surface area contributed by atoms with Crippen LogP contribution in [0, 0.1) is 6.92 Å². The van der Waals surface area contributed by atoms with E-state index >= 15 is 0 Å². The first-order valence-electron chi connectivity index (χ1n) is 10.6. The molecule has 5 rings (SSSR count). The number of pyridine rings is 2. The molecular formula is C25H23N5O4. The number of hydrogen-bond donors (Lipinski definition) is 0. The number of aromatic nitrogens is 5. The van der Waals surface area contributed by atoms with Crippen LogP contribution in [0.15, 0.2) is 48.5 Å². The zero-order valence-electron chi connectivity index (χ0n) is 19.5. The minimum absolute atomic E-state index is 0.496. The number of hydrogen-bond acceptors (Lipinski definition) is 8. The van der Waals surface area contributed by atoms with E-state index in [0.29, 0.717) is 39.6 Å². The molecule has 0 bridgehead atoms. The van der Waals surface area contributed by atoms with Gasteiger partial charge in [0.15, 0.2) is 22.7 Å². The molecule has 9 nitrogen and oxygen atoms in total. The lowest BCUT2D eigenvalue weighted by atomic mass is 10.1. The topological polar surface area (TPSA) is 93.4 Å². The van der Waals surface area contributed by atoms with Crippen molar-refractivity contribution in [3.8, 4) is 39.9 Å². The van der Waals surface area contributed by atoms with Crippen LogP contribution in [0.1, 0.15) is 5.69 Å². The predicted molar refractivity (Wildman–Crippen MR) is 128 cm³/mol. The number of rotatable bonds is 6. The maximum Gasteiger partial charge on any atom is 0.203 e. The highest BCUT2D eigenvalue weighted by Gasteiger charge is 2.20. The number of fused-ring (bicyclic) bond motifs is 3. The van der Waals surface area contributed by atoms with Gasteiger partial charge in [-0.05, 0) is 31.2 Å². The molecule has 0 unspecified atom stereocenters. The predicted octanol–water partition coefficient (Wildman–Crippen LogP) is 4.37. The summed E-state index contributed by atoms with van der Waals surface area (Å²) >= 11 is 0. The molecule has 0 aliphatic rings. The lowest BCUT2D eigenvalue weighted by Crippen LogP contribution is -2.02. The minimum atomic E-state index is 0.496. The van der Waals surface area contributed by atoms with Crippen molar-refractivity contribution in [2.45, 2.75) is 6.92 Å². The van der Waals surface area contributed by atoms with Crippen LogP contribution in [-0.4, -0.2) is 53.4 Å². The third-order valence-corrected chi connectivity index (χ3v) is 5.71. The van der Waals surface area contributed by atoms with Crippen molar-refractivity contribution < 1.29 is 18.9 Å². The molecule has 0 atom stereocenters. The van der Waals surface area contributed by atoms with Gasteiger partial charge in [0.1, 0.15) is 11.3 Å². The molecular weight excluding hydrogens is 434 g/mol. The molecule has 5 aromatic rings. The Morgan fingerprint density at radius 2 is 1.44 bits per heavy atom. The summed E-state index contributed by atoms with van der Waals surface area (Å²) in [4.78, 5) is 9.73.